The van der Waals surface area contributed by atoms with Crippen molar-refractivity contribution >= 4 is 34.5 Å². The zero-order valence-electron chi connectivity index (χ0n) is 6.97. The lowest BCUT2D eigenvalue weighted by molar-refractivity contribution is -0.117. The molecule has 74 valence electrons. The fourth-order valence-electron chi connectivity index (χ4n) is 1.10. The van der Waals surface area contributed by atoms with Crippen LogP contribution in [-0.4, -0.2) is 16.7 Å². The van der Waals surface area contributed by atoms with Gasteiger partial charge >= 0.3 is 0 Å². The van der Waals surface area contributed by atoms with Crippen molar-refractivity contribution < 1.29 is 13.2 Å². The number of benzene rings is 1. The van der Waals surface area contributed by atoms with Crippen LogP contribution in [0.2, 0.25) is 5.02 Å². The van der Waals surface area contributed by atoms with Gasteiger partial charge in [0, 0.05) is 5.02 Å². The van der Waals surface area contributed by atoms with Crippen LogP contribution >= 0.6 is 11.6 Å². The van der Waals surface area contributed by atoms with Gasteiger partial charge in [0.05, 0.1) is 5.69 Å². The molecule has 0 radical (unpaired) electrons. The number of amides is 1. The number of hydrogen-bond acceptors (Lipinski definition) is 3. The molecule has 0 saturated carbocycles. The van der Waals surface area contributed by atoms with Gasteiger partial charge in [0.2, 0.25) is 0 Å². The third-order valence-corrected chi connectivity index (χ3v) is 3.00. The maximum Gasteiger partial charge on any atom is 0.272 e. The van der Waals surface area contributed by atoms with Crippen LogP contribution in [0.1, 0.15) is 0 Å². The smallest absolute Gasteiger partial charge is 0.271 e. The average molecular weight is 232 g/mol. The van der Waals surface area contributed by atoms with Crippen molar-refractivity contribution in [2.24, 2.45) is 0 Å². The van der Waals surface area contributed by atoms with Crippen LogP contribution in [0.5, 0.6) is 0 Å². The van der Waals surface area contributed by atoms with E-state index in [0.29, 0.717) is 10.7 Å². The molecule has 0 aromatic heterocycles. The van der Waals surface area contributed by atoms with E-state index in [2.05, 4.69) is 4.18 Å². The van der Waals surface area contributed by atoms with E-state index in [1.807, 2.05) is 0 Å². The molecule has 2 rings (SSSR count). The minimum Gasteiger partial charge on any atom is -0.271 e. The van der Waals surface area contributed by atoms with Gasteiger partial charge in [-0.3, -0.25) is 8.98 Å². The molecule has 4 nitrogen and oxygen atoms in total. The Balaban J connectivity index is 2.34. The molecule has 1 fully saturated rings. The number of rotatable bonds is 1. The molecule has 0 bridgehead atoms. The molecule has 1 aromatic rings. The second-order valence-electron chi connectivity index (χ2n) is 2.64. The SMILES string of the molecule is O=C1COS(=O)N1c1ccc(Cl)cc1. The summed E-state index contributed by atoms with van der Waals surface area (Å²) in [6.45, 7) is -0.144. The second kappa shape index (κ2) is 3.68. The average Bonchev–Trinajstić information content (AvgIpc) is 2.49. The predicted octanol–water partition coefficient (Wildman–Crippen LogP) is 1.28. The molecule has 0 N–H and O–H groups in total. The van der Waals surface area contributed by atoms with Crippen molar-refractivity contribution in [2.45, 2.75) is 0 Å². The molecule has 1 saturated heterocycles. The van der Waals surface area contributed by atoms with Crippen molar-refractivity contribution in [3.05, 3.63) is 29.3 Å². The minimum atomic E-state index is -1.71. The highest BCUT2D eigenvalue weighted by molar-refractivity contribution is 7.83. The fraction of sp³-hybridized carbons (Fsp3) is 0.125. The lowest BCUT2D eigenvalue weighted by Gasteiger charge is -2.10. The molecule has 1 heterocycles. The summed E-state index contributed by atoms with van der Waals surface area (Å²) in [5.74, 6) is -0.314. The molecule has 6 heteroatoms. The molecule has 0 aliphatic carbocycles. The van der Waals surface area contributed by atoms with Gasteiger partial charge in [-0.1, -0.05) is 11.6 Å². The molecule has 1 aliphatic rings. The molecule has 1 aliphatic heterocycles. The summed E-state index contributed by atoms with van der Waals surface area (Å²) in [5, 5.41) is 0.562. The number of anilines is 1. The highest BCUT2D eigenvalue weighted by Gasteiger charge is 2.30. The Morgan fingerprint density at radius 2 is 2.00 bits per heavy atom. The maximum absolute atomic E-state index is 11.2. The zero-order chi connectivity index (χ0) is 10.1. The Morgan fingerprint density at radius 1 is 1.36 bits per heavy atom. The van der Waals surface area contributed by atoms with Crippen LogP contribution in [0.4, 0.5) is 5.69 Å². The first-order chi connectivity index (χ1) is 6.68. The molecule has 14 heavy (non-hydrogen) atoms. The topological polar surface area (TPSA) is 46.6 Å². The summed E-state index contributed by atoms with van der Waals surface area (Å²) in [6, 6.07) is 6.49. The van der Waals surface area contributed by atoms with Crippen LogP contribution in [0, 0.1) is 0 Å². The maximum atomic E-state index is 11.2. The van der Waals surface area contributed by atoms with E-state index in [1.165, 1.54) is 0 Å². The van der Waals surface area contributed by atoms with Gasteiger partial charge in [0.1, 0.15) is 6.61 Å². The molecule has 1 atom stereocenters. The zero-order valence-corrected chi connectivity index (χ0v) is 8.55. The van der Waals surface area contributed by atoms with E-state index in [0.717, 1.165) is 4.31 Å². The molecular formula is C8H6ClNO3S. The highest BCUT2D eigenvalue weighted by Crippen LogP contribution is 2.22. The first kappa shape index (κ1) is 9.64. The predicted molar refractivity (Wildman–Crippen MR) is 53.0 cm³/mol. The van der Waals surface area contributed by atoms with E-state index in [1.54, 1.807) is 24.3 Å². The van der Waals surface area contributed by atoms with Crippen molar-refractivity contribution in [3.63, 3.8) is 0 Å². The Bertz CT molecular complexity index is 376. The van der Waals surface area contributed by atoms with Gasteiger partial charge in [-0.05, 0) is 24.3 Å². The number of carbonyl (C=O) groups is 1. The molecule has 0 spiro atoms. The minimum absolute atomic E-state index is 0.144. The number of nitrogens with zero attached hydrogens (tertiary/aromatic N) is 1. The highest BCUT2D eigenvalue weighted by atomic mass is 35.5. The normalized spacial score (nSPS) is 21.6. The van der Waals surface area contributed by atoms with Gasteiger partial charge < -0.3 is 0 Å². The van der Waals surface area contributed by atoms with Gasteiger partial charge in [-0.25, -0.2) is 8.51 Å². The van der Waals surface area contributed by atoms with Crippen LogP contribution < -0.4 is 4.31 Å². The van der Waals surface area contributed by atoms with Crippen molar-refractivity contribution in [1.82, 2.24) is 0 Å². The van der Waals surface area contributed by atoms with Crippen LogP contribution in [0.25, 0.3) is 0 Å². The van der Waals surface area contributed by atoms with Crippen molar-refractivity contribution in [1.29, 1.82) is 0 Å². The summed E-state index contributed by atoms with van der Waals surface area (Å²) in [7, 11) is 0. The first-order valence-corrected chi connectivity index (χ1v) is 5.23. The Kier molecular flexibility index (Phi) is 2.54. The number of carbonyl (C=O) groups excluding carboxylic acids is 1. The Morgan fingerprint density at radius 3 is 2.50 bits per heavy atom. The van der Waals surface area contributed by atoms with Crippen LogP contribution in [-0.2, 0) is 20.2 Å². The Hall–Kier alpha value is -0.910. The number of hydrogen-bond donors (Lipinski definition) is 0. The summed E-state index contributed by atoms with van der Waals surface area (Å²) in [6.07, 6.45) is 0. The van der Waals surface area contributed by atoms with E-state index >= 15 is 0 Å². The third kappa shape index (κ3) is 1.66. The largest absolute Gasteiger partial charge is 0.272 e. The van der Waals surface area contributed by atoms with E-state index in [4.69, 9.17) is 11.6 Å². The summed E-state index contributed by atoms with van der Waals surface area (Å²) < 4.78 is 17.0. The lowest BCUT2D eigenvalue weighted by Crippen LogP contribution is -2.25. The summed E-state index contributed by atoms with van der Waals surface area (Å²) in [4.78, 5) is 11.2. The molecular weight excluding hydrogens is 226 g/mol. The first-order valence-electron chi connectivity index (χ1n) is 3.82. The molecule has 1 unspecified atom stereocenters. The summed E-state index contributed by atoms with van der Waals surface area (Å²) >= 11 is 3.97. The van der Waals surface area contributed by atoms with Gasteiger partial charge in [-0.15, -0.1) is 0 Å². The third-order valence-electron chi connectivity index (χ3n) is 1.72. The molecule has 1 amide bonds. The van der Waals surface area contributed by atoms with Gasteiger partial charge in [0.25, 0.3) is 17.2 Å². The van der Waals surface area contributed by atoms with Crippen LogP contribution in [0.3, 0.4) is 0 Å². The van der Waals surface area contributed by atoms with E-state index in [-0.39, 0.29) is 12.5 Å². The van der Waals surface area contributed by atoms with Gasteiger partial charge in [0.15, 0.2) is 0 Å². The van der Waals surface area contributed by atoms with Gasteiger partial charge in [-0.2, -0.15) is 0 Å². The second-order valence-corrected chi connectivity index (χ2v) is 4.12. The Labute approximate surface area is 88.2 Å². The monoisotopic (exact) mass is 231 g/mol. The number of halogens is 1. The van der Waals surface area contributed by atoms with Crippen molar-refractivity contribution in [3.8, 4) is 0 Å². The van der Waals surface area contributed by atoms with E-state index in [9.17, 15) is 9.00 Å². The summed E-state index contributed by atoms with van der Waals surface area (Å²) in [5.41, 5.74) is 0.523. The standard InChI is InChI=1S/C8H6ClNO3S/c9-6-1-3-7(4-2-6)10-8(11)5-13-14(10)12/h1-4H,5H2. The van der Waals surface area contributed by atoms with E-state index < -0.39 is 11.3 Å². The van der Waals surface area contributed by atoms with Crippen LogP contribution in [0.15, 0.2) is 24.3 Å². The lowest BCUT2D eigenvalue weighted by atomic mass is 10.3. The fourth-order valence-corrected chi connectivity index (χ4v) is 2.05. The van der Waals surface area contributed by atoms with Crippen molar-refractivity contribution in [2.75, 3.05) is 10.9 Å². The quantitative estimate of drug-likeness (QED) is 0.732. The molecule has 1 aromatic carbocycles.